The number of sulfone groups is 1. The van der Waals surface area contributed by atoms with Crippen LogP contribution in [0.5, 0.6) is 11.5 Å². The molecule has 0 aromatic heterocycles. The van der Waals surface area contributed by atoms with Crippen LogP contribution < -0.4 is 14.8 Å². The van der Waals surface area contributed by atoms with Gasteiger partial charge in [-0.1, -0.05) is 18.2 Å². The van der Waals surface area contributed by atoms with E-state index in [9.17, 15) is 13.2 Å². The van der Waals surface area contributed by atoms with Crippen LogP contribution in [0.4, 0.5) is 5.69 Å². The number of amides is 1. The maximum absolute atomic E-state index is 12.2. The Morgan fingerprint density at radius 2 is 1.80 bits per heavy atom. The van der Waals surface area contributed by atoms with Crippen LogP contribution in [-0.4, -0.2) is 34.8 Å². The van der Waals surface area contributed by atoms with Gasteiger partial charge in [0.2, 0.25) is 5.91 Å². The first-order valence-electron chi connectivity index (χ1n) is 7.65. The number of hydrogen-bond acceptors (Lipinski definition) is 5. The lowest BCUT2D eigenvalue weighted by atomic mass is 10.1. The number of ether oxygens (including phenoxy) is 2. The number of aryl methyl sites for hydroxylation is 1. The SMILES string of the molecule is COc1cccc(CCC(=O)Nc2cccc(S(C)(=O)=O)c2)c1OC. The summed E-state index contributed by atoms with van der Waals surface area (Å²) in [6.45, 7) is 0. The molecular formula is C18H21NO5S. The summed E-state index contributed by atoms with van der Waals surface area (Å²) in [7, 11) is -0.202. The number of anilines is 1. The molecule has 0 unspecified atom stereocenters. The lowest BCUT2D eigenvalue weighted by Gasteiger charge is -2.12. The number of methoxy groups -OCH3 is 2. The highest BCUT2D eigenvalue weighted by molar-refractivity contribution is 7.90. The van der Waals surface area contributed by atoms with Crippen molar-refractivity contribution in [2.24, 2.45) is 0 Å². The molecule has 0 saturated carbocycles. The maximum atomic E-state index is 12.2. The Kier molecular flexibility index (Phi) is 6.03. The van der Waals surface area contributed by atoms with E-state index in [1.807, 2.05) is 12.1 Å². The maximum Gasteiger partial charge on any atom is 0.224 e. The first-order chi connectivity index (χ1) is 11.8. The van der Waals surface area contributed by atoms with Gasteiger partial charge in [0.25, 0.3) is 0 Å². The van der Waals surface area contributed by atoms with Crippen molar-refractivity contribution in [2.45, 2.75) is 17.7 Å². The smallest absolute Gasteiger partial charge is 0.224 e. The van der Waals surface area contributed by atoms with Crippen molar-refractivity contribution in [3.05, 3.63) is 48.0 Å². The van der Waals surface area contributed by atoms with Crippen LogP contribution in [-0.2, 0) is 21.1 Å². The van der Waals surface area contributed by atoms with E-state index in [2.05, 4.69) is 5.32 Å². The Morgan fingerprint density at radius 1 is 1.08 bits per heavy atom. The Bertz CT molecular complexity index is 862. The van der Waals surface area contributed by atoms with Gasteiger partial charge in [0.1, 0.15) is 0 Å². The van der Waals surface area contributed by atoms with Crippen LogP contribution >= 0.6 is 0 Å². The van der Waals surface area contributed by atoms with E-state index in [4.69, 9.17) is 9.47 Å². The van der Waals surface area contributed by atoms with Gasteiger partial charge in [0.15, 0.2) is 21.3 Å². The van der Waals surface area contributed by atoms with E-state index in [1.54, 1.807) is 32.4 Å². The van der Waals surface area contributed by atoms with Gasteiger partial charge in [-0.25, -0.2) is 8.42 Å². The number of benzene rings is 2. The van der Waals surface area contributed by atoms with E-state index in [-0.39, 0.29) is 17.2 Å². The Balaban J connectivity index is 2.05. The molecular weight excluding hydrogens is 342 g/mol. The molecule has 0 atom stereocenters. The molecule has 2 aromatic carbocycles. The molecule has 0 bridgehead atoms. The van der Waals surface area contributed by atoms with Crippen LogP contribution in [0, 0.1) is 0 Å². The van der Waals surface area contributed by atoms with Crippen molar-refractivity contribution < 1.29 is 22.7 Å². The molecule has 1 amide bonds. The fraction of sp³-hybridized carbons (Fsp3) is 0.278. The molecule has 134 valence electrons. The molecule has 0 aliphatic heterocycles. The predicted octanol–water partition coefficient (Wildman–Crippen LogP) is 2.68. The summed E-state index contributed by atoms with van der Waals surface area (Å²) < 4.78 is 33.7. The molecule has 0 radical (unpaired) electrons. The topological polar surface area (TPSA) is 81.7 Å². The standard InChI is InChI=1S/C18H21NO5S/c1-23-16-9-4-6-13(18(16)24-2)10-11-17(20)19-14-7-5-8-15(12-14)25(3,21)22/h4-9,12H,10-11H2,1-3H3,(H,19,20). The van der Waals surface area contributed by atoms with E-state index < -0.39 is 9.84 Å². The summed E-state index contributed by atoms with van der Waals surface area (Å²) in [5, 5.41) is 2.72. The third-order valence-corrected chi connectivity index (χ3v) is 4.76. The third-order valence-electron chi connectivity index (χ3n) is 3.65. The number of rotatable bonds is 7. The molecule has 1 N–H and O–H groups in total. The number of carbonyl (C=O) groups excluding carboxylic acids is 1. The zero-order chi connectivity index (χ0) is 18.4. The minimum Gasteiger partial charge on any atom is -0.493 e. The molecule has 6 nitrogen and oxygen atoms in total. The normalized spacial score (nSPS) is 11.0. The second-order valence-corrected chi connectivity index (χ2v) is 7.52. The fourth-order valence-corrected chi connectivity index (χ4v) is 3.09. The largest absolute Gasteiger partial charge is 0.493 e. The molecule has 0 aliphatic rings. The second kappa shape index (κ2) is 8.02. The Hall–Kier alpha value is -2.54. The van der Waals surface area contributed by atoms with E-state index >= 15 is 0 Å². The molecule has 0 aliphatic carbocycles. The first-order valence-corrected chi connectivity index (χ1v) is 9.54. The summed E-state index contributed by atoms with van der Waals surface area (Å²) >= 11 is 0. The Labute approximate surface area is 147 Å². The average molecular weight is 363 g/mol. The summed E-state index contributed by atoms with van der Waals surface area (Å²) in [5.41, 5.74) is 1.31. The fourth-order valence-electron chi connectivity index (χ4n) is 2.43. The van der Waals surface area contributed by atoms with E-state index in [0.29, 0.717) is 23.6 Å². The minimum atomic E-state index is -3.31. The number of para-hydroxylation sites is 1. The quantitative estimate of drug-likeness (QED) is 0.818. The second-order valence-electron chi connectivity index (χ2n) is 5.50. The number of nitrogens with one attached hydrogen (secondary N) is 1. The zero-order valence-electron chi connectivity index (χ0n) is 14.4. The summed E-state index contributed by atoms with van der Waals surface area (Å²) in [4.78, 5) is 12.3. The molecule has 2 rings (SSSR count). The van der Waals surface area contributed by atoms with Crippen molar-refractivity contribution in [3.8, 4) is 11.5 Å². The number of carbonyl (C=O) groups is 1. The van der Waals surface area contributed by atoms with Crippen molar-refractivity contribution in [3.63, 3.8) is 0 Å². The van der Waals surface area contributed by atoms with Crippen molar-refractivity contribution in [1.29, 1.82) is 0 Å². The van der Waals surface area contributed by atoms with Gasteiger partial charge in [-0.2, -0.15) is 0 Å². The van der Waals surface area contributed by atoms with Gasteiger partial charge in [-0.3, -0.25) is 4.79 Å². The molecule has 25 heavy (non-hydrogen) atoms. The average Bonchev–Trinajstić information content (AvgIpc) is 2.59. The monoisotopic (exact) mass is 363 g/mol. The predicted molar refractivity (Wildman–Crippen MR) is 96.0 cm³/mol. The highest BCUT2D eigenvalue weighted by atomic mass is 32.2. The van der Waals surface area contributed by atoms with E-state index in [0.717, 1.165) is 11.8 Å². The van der Waals surface area contributed by atoms with Gasteiger partial charge >= 0.3 is 0 Å². The summed E-state index contributed by atoms with van der Waals surface area (Å²) in [5.74, 6) is 1.01. The van der Waals surface area contributed by atoms with Crippen LogP contribution in [0.2, 0.25) is 0 Å². The van der Waals surface area contributed by atoms with E-state index in [1.165, 1.54) is 12.1 Å². The molecule has 0 fully saturated rings. The molecule has 2 aromatic rings. The highest BCUT2D eigenvalue weighted by Gasteiger charge is 2.12. The molecule has 0 spiro atoms. The molecule has 0 heterocycles. The van der Waals surface area contributed by atoms with Gasteiger partial charge in [0.05, 0.1) is 19.1 Å². The van der Waals surface area contributed by atoms with Crippen LogP contribution in [0.3, 0.4) is 0 Å². The van der Waals surface area contributed by atoms with Gasteiger partial charge in [-0.05, 0) is 36.2 Å². The van der Waals surface area contributed by atoms with Gasteiger partial charge in [-0.15, -0.1) is 0 Å². The molecule has 0 saturated heterocycles. The molecule has 7 heteroatoms. The third kappa shape index (κ3) is 4.96. The zero-order valence-corrected chi connectivity index (χ0v) is 15.2. The van der Waals surface area contributed by atoms with Gasteiger partial charge < -0.3 is 14.8 Å². The Morgan fingerprint density at radius 3 is 2.44 bits per heavy atom. The lowest BCUT2D eigenvalue weighted by Crippen LogP contribution is -2.13. The van der Waals surface area contributed by atoms with Crippen molar-refractivity contribution in [2.75, 3.05) is 25.8 Å². The van der Waals surface area contributed by atoms with Crippen molar-refractivity contribution in [1.82, 2.24) is 0 Å². The van der Waals surface area contributed by atoms with Crippen LogP contribution in [0.25, 0.3) is 0 Å². The van der Waals surface area contributed by atoms with Crippen LogP contribution in [0.15, 0.2) is 47.4 Å². The highest BCUT2D eigenvalue weighted by Crippen LogP contribution is 2.31. The summed E-state index contributed by atoms with van der Waals surface area (Å²) in [6.07, 6.45) is 1.83. The first kappa shape index (κ1) is 18.8. The summed E-state index contributed by atoms with van der Waals surface area (Å²) in [6, 6.07) is 11.7. The lowest BCUT2D eigenvalue weighted by molar-refractivity contribution is -0.116. The van der Waals surface area contributed by atoms with Crippen LogP contribution in [0.1, 0.15) is 12.0 Å². The van der Waals surface area contributed by atoms with Crippen molar-refractivity contribution >= 4 is 21.4 Å². The number of hydrogen-bond donors (Lipinski definition) is 1. The minimum absolute atomic E-state index is 0.166. The van der Waals surface area contributed by atoms with Gasteiger partial charge in [0, 0.05) is 18.4 Å².